The molecule has 0 radical (unpaired) electrons. The Labute approximate surface area is 137 Å². The van der Waals surface area contributed by atoms with Gasteiger partial charge in [-0.3, -0.25) is 0 Å². The lowest BCUT2D eigenvalue weighted by Crippen LogP contribution is -2.47. The molecule has 1 saturated heterocycles. The summed E-state index contributed by atoms with van der Waals surface area (Å²) in [6.07, 6.45) is 4.23. The molecule has 2 N–H and O–H groups in total. The van der Waals surface area contributed by atoms with Gasteiger partial charge in [0.15, 0.2) is 0 Å². The molecule has 21 heavy (non-hydrogen) atoms. The fourth-order valence-corrected chi connectivity index (χ4v) is 3.45. The van der Waals surface area contributed by atoms with Gasteiger partial charge in [0, 0.05) is 36.4 Å². The third-order valence-electron chi connectivity index (χ3n) is 4.56. The van der Waals surface area contributed by atoms with Crippen molar-refractivity contribution in [3.05, 3.63) is 28.2 Å². The van der Waals surface area contributed by atoms with E-state index in [1.807, 2.05) is 7.11 Å². The number of piperidine rings is 1. The van der Waals surface area contributed by atoms with Crippen molar-refractivity contribution in [3.63, 3.8) is 0 Å². The van der Waals surface area contributed by atoms with Crippen LogP contribution in [0.25, 0.3) is 0 Å². The number of hydrogen-bond acceptors (Lipinski definition) is 3. The van der Waals surface area contributed by atoms with Gasteiger partial charge in [-0.25, -0.2) is 0 Å². The van der Waals surface area contributed by atoms with Gasteiger partial charge in [0.05, 0.1) is 5.60 Å². The second-order valence-corrected chi connectivity index (χ2v) is 7.18. The Morgan fingerprint density at radius 3 is 2.86 bits per heavy atom. The van der Waals surface area contributed by atoms with Crippen LogP contribution in [0.15, 0.2) is 22.7 Å². The van der Waals surface area contributed by atoms with Crippen LogP contribution in [-0.4, -0.2) is 31.8 Å². The van der Waals surface area contributed by atoms with Crippen LogP contribution in [0.2, 0.25) is 0 Å². The Morgan fingerprint density at radius 1 is 1.48 bits per heavy atom. The highest BCUT2D eigenvalue weighted by Gasteiger charge is 2.30. The molecule has 0 bridgehead atoms. The number of hydrogen-bond donors (Lipinski definition) is 1. The zero-order chi connectivity index (χ0) is 15.5. The molecule has 0 aliphatic carbocycles. The predicted octanol–water partition coefficient (Wildman–Crippen LogP) is 3.73. The van der Waals surface area contributed by atoms with Crippen LogP contribution in [0.5, 0.6) is 0 Å². The first-order valence-corrected chi connectivity index (χ1v) is 8.61. The molecule has 2 rings (SSSR count). The summed E-state index contributed by atoms with van der Waals surface area (Å²) in [6.45, 7) is 6.37. The molecular formula is C17H27BrN2O. The molecule has 0 aromatic heterocycles. The van der Waals surface area contributed by atoms with E-state index in [0.29, 0.717) is 0 Å². The fourth-order valence-electron chi connectivity index (χ4n) is 2.92. The van der Waals surface area contributed by atoms with Gasteiger partial charge in [-0.15, -0.1) is 0 Å². The monoisotopic (exact) mass is 354 g/mol. The molecule has 118 valence electrons. The summed E-state index contributed by atoms with van der Waals surface area (Å²) in [5.74, 6) is 0. The molecule has 3 nitrogen and oxygen atoms in total. The average molecular weight is 355 g/mol. The molecular weight excluding hydrogens is 328 g/mol. The molecule has 2 unspecified atom stereocenters. The van der Waals surface area contributed by atoms with Crippen LogP contribution in [0, 0.1) is 0 Å². The summed E-state index contributed by atoms with van der Waals surface area (Å²) in [7, 11) is 1.81. The van der Waals surface area contributed by atoms with Crippen LogP contribution in [-0.2, 0) is 11.2 Å². The van der Waals surface area contributed by atoms with Crippen molar-refractivity contribution in [2.45, 2.75) is 51.2 Å². The second kappa shape index (κ2) is 7.12. The average Bonchev–Trinajstić information content (AvgIpc) is 2.49. The van der Waals surface area contributed by atoms with E-state index in [4.69, 9.17) is 10.5 Å². The largest absolute Gasteiger partial charge is 0.377 e. The van der Waals surface area contributed by atoms with Crippen molar-refractivity contribution in [1.82, 2.24) is 0 Å². The number of benzene rings is 1. The van der Waals surface area contributed by atoms with E-state index in [-0.39, 0.29) is 11.6 Å². The fraction of sp³-hybridized carbons (Fsp3) is 0.647. The zero-order valence-electron chi connectivity index (χ0n) is 13.4. The van der Waals surface area contributed by atoms with E-state index in [1.54, 1.807) is 0 Å². The molecule has 2 atom stereocenters. The van der Waals surface area contributed by atoms with Gasteiger partial charge in [-0.05, 0) is 50.3 Å². The minimum absolute atomic E-state index is 0.0338. The highest BCUT2D eigenvalue weighted by molar-refractivity contribution is 9.10. The smallest absolute Gasteiger partial charge is 0.0825 e. The standard InChI is InChI=1S/C17H27BrN2O/c1-4-14(19)10-13-6-7-15(11-16(13)18)20-9-5-8-17(2,12-20)21-3/h6-7,11,14H,4-5,8-10,12,19H2,1-3H3. The first-order chi connectivity index (χ1) is 9.97. The lowest BCUT2D eigenvalue weighted by molar-refractivity contribution is -0.00465. The van der Waals surface area contributed by atoms with Gasteiger partial charge >= 0.3 is 0 Å². The molecule has 0 saturated carbocycles. The SMILES string of the molecule is CCC(N)Cc1ccc(N2CCCC(C)(OC)C2)cc1Br. The van der Waals surface area contributed by atoms with Gasteiger partial charge in [0.2, 0.25) is 0 Å². The highest BCUT2D eigenvalue weighted by Crippen LogP contribution is 2.31. The molecule has 1 aromatic rings. The Balaban J connectivity index is 2.12. The number of rotatable bonds is 5. The zero-order valence-corrected chi connectivity index (χ0v) is 14.9. The molecule has 1 aliphatic rings. The Morgan fingerprint density at radius 2 is 2.24 bits per heavy atom. The van der Waals surface area contributed by atoms with Gasteiger partial charge in [-0.2, -0.15) is 0 Å². The van der Waals surface area contributed by atoms with Crippen molar-refractivity contribution >= 4 is 21.6 Å². The van der Waals surface area contributed by atoms with Crippen molar-refractivity contribution in [2.75, 3.05) is 25.1 Å². The van der Waals surface area contributed by atoms with E-state index >= 15 is 0 Å². The van der Waals surface area contributed by atoms with Gasteiger partial charge in [-0.1, -0.05) is 28.9 Å². The van der Waals surface area contributed by atoms with E-state index < -0.39 is 0 Å². The van der Waals surface area contributed by atoms with Crippen LogP contribution >= 0.6 is 15.9 Å². The molecule has 0 spiro atoms. The Hall–Kier alpha value is -0.580. The summed E-state index contributed by atoms with van der Waals surface area (Å²) < 4.78 is 6.84. The number of nitrogens with two attached hydrogens (primary N) is 1. The quantitative estimate of drug-likeness (QED) is 0.875. The van der Waals surface area contributed by atoms with Crippen molar-refractivity contribution in [3.8, 4) is 0 Å². The van der Waals surface area contributed by atoms with E-state index in [0.717, 1.165) is 36.8 Å². The number of ether oxygens (including phenoxy) is 1. The lowest BCUT2D eigenvalue weighted by atomic mass is 9.94. The first kappa shape index (κ1) is 16.8. The second-order valence-electron chi connectivity index (χ2n) is 6.33. The van der Waals surface area contributed by atoms with Crippen molar-refractivity contribution < 1.29 is 4.74 Å². The van der Waals surface area contributed by atoms with Gasteiger partial charge in [0.1, 0.15) is 0 Å². The number of methoxy groups -OCH3 is 1. The summed E-state index contributed by atoms with van der Waals surface area (Å²) in [5.41, 5.74) is 8.58. The van der Waals surface area contributed by atoms with Crippen LogP contribution in [0.3, 0.4) is 0 Å². The maximum Gasteiger partial charge on any atom is 0.0825 e. The van der Waals surface area contributed by atoms with E-state index in [9.17, 15) is 0 Å². The third-order valence-corrected chi connectivity index (χ3v) is 5.30. The third kappa shape index (κ3) is 4.21. The van der Waals surface area contributed by atoms with Gasteiger partial charge in [0.25, 0.3) is 0 Å². The van der Waals surface area contributed by atoms with Crippen LogP contribution in [0.1, 0.15) is 38.7 Å². The topological polar surface area (TPSA) is 38.5 Å². The van der Waals surface area contributed by atoms with Crippen LogP contribution < -0.4 is 10.6 Å². The molecule has 1 aliphatic heterocycles. The van der Waals surface area contributed by atoms with E-state index in [1.165, 1.54) is 17.7 Å². The van der Waals surface area contributed by atoms with Gasteiger partial charge < -0.3 is 15.4 Å². The highest BCUT2D eigenvalue weighted by atomic mass is 79.9. The number of nitrogens with zero attached hydrogens (tertiary/aromatic N) is 1. The molecule has 4 heteroatoms. The molecule has 1 heterocycles. The molecule has 0 amide bonds. The lowest BCUT2D eigenvalue weighted by Gasteiger charge is -2.40. The van der Waals surface area contributed by atoms with E-state index in [2.05, 4.69) is 52.9 Å². The summed E-state index contributed by atoms with van der Waals surface area (Å²) in [6, 6.07) is 6.87. The normalized spacial score (nSPS) is 24.1. The maximum absolute atomic E-state index is 6.06. The Kier molecular flexibility index (Phi) is 5.69. The summed E-state index contributed by atoms with van der Waals surface area (Å²) in [5, 5.41) is 0. The number of anilines is 1. The number of halogens is 1. The Bertz CT molecular complexity index is 480. The summed E-state index contributed by atoms with van der Waals surface area (Å²) >= 11 is 3.70. The maximum atomic E-state index is 6.06. The summed E-state index contributed by atoms with van der Waals surface area (Å²) in [4.78, 5) is 2.42. The molecule has 1 fully saturated rings. The van der Waals surface area contributed by atoms with Crippen molar-refractivity contribution in [1.29, 1.82) is 0 Å². The molecule has 1 aromatic carbocycles. The minimum Gasteiger partial charge on any atom is -0.377 e. The van der Waals surface area contributed by atoms with Crippen LogP contribution in [0.4, 0.5) is 5.69 Å². The minimum atomic E-state index is -0.0338. The first-order valence-electron chi connectivity index (χ1n) is 7.81. The van der Waals surface area contributed by atoms with Crippen molar-refractivity contribution in [2.24, 2.45) is 5.73 Å². The predicted molar refractivity (Wildman–Crippen MR) is 93.0 cm³/mol.